The number of rotatable bonds is 0. The summed E-state index contributed by atoms with van der Waals surface area (Å²) in [6.45, 7) is 0. The quantitative estimate of drug-likeness (QED) is 0.317. The molecule has 4 nitrogen and oxygen atoms in total. The second kappa shape index (κ2) is 2.75. The first-order chi connectivity index (χ1) is 2.00. The van der Waals surface area contributed by atoms with Crippen LogP contribution in [0.1, 0.15) is 0 Å². The molecule has 6 heteroatoms. The molecule has 0 spiro atoms. The molecule has 0 atom stereocenters. The van der Waals surface area contributed by atoms with E-state index >= 15 is 0 Å². The SMILES string of the molecule is O=P(O)(O)O.[Cu+]. The fourth-order valence-electron chi connectivity index (χ4n) is 0. The molecule has 0 unspecified atom stereocenters. The van der Waals surface area contributed by atoms with Crippen molar-refractivity contribution in [3.8, 4) is 0 Å². The summed E-state index contributed by atoms with van der Waals surface area (Å²) >= 11 is 0. The van der Waals surface area contributed by atoms with Crippen molar-refractivity contribution in [1.82, 2.24) is 0 Å². The van der Waals surface area contributed by atoms with Gasteiger partial charge in [-0.2, -0.15) is 0 Å². The average molecular weight is 162 g/mol. The van der Waals surface area contributed by atoms with E-state index in [1.54, 1.807) is 0 Å². The summed E-state index contributed by atoms with van der Waals surface area (Å²) in [5, 5.41) is 0. The van der Waals surface area contributed by atoms with Gasteiger partial charge in [0.2, 0.25) is 0 Å². The third-order valence-electron chi connectivity index (χ3n) is 0. The molecule has 0 bridgehead atoms. The summed E-state index contributed by atoms with van der Waals surface area (Å²) < 4.78 is 8.88. The van der Waals surface area contributed by atoms with Crippen LogP contribution < -0.4 is 0 Å². The minimum absolute atomic E-state index is 0. The van der Waals surface area contributed by atoms with Crippen LogP contribution in [0.5, 0.6) is 0 Å². The molecule has 0 aromatic rings. The first-order valence-corrected chi connectivity index (χ1v) is 2.35. The molecule has 0 aliphatic carbocycles. The molecular weight excluding hydrogens is 159 g/mol. The standard InChI is InChI=1S/Cu.H3O4P/c;1-5(2,3)4/h;(H3,1,2,3,4)/q+1;. The van der Waals surface area contributed by atoms with Gasteiger partial charge in [0.25, 0.3) is 0 Å². The van der Waals surface area contributed by atoms with Gasteiger partial charge in [-0.05, 0) is 0 Å². The van der Waals surface area contributed by atoms with E-state index in [1.165, 1.54) is 0 Å². The molecule has 6 heavy (non-hydrogen) atoms. The Morgan fingerprint density at radius 1 is 1.17 bits per heavy atom. The van der Waals surface area contributed by atoms with Crippen LogP contribution in [0.15, 0.2) is 0 Å². The average Bonchev–Trinajstić information content (AvgIpc) is 0.722. The number of hydrogen-bond donors (Lipinski definition) is 3. The smallest absolute Gasteiger partial charge is 0.303 e. The van der Waals surface area contributed by atoms with Crippen LogP contribution in [0.4, 0.5) is 0 Å². The Morgan fingerprint density at radius 3 is 1.17 bits per heavy atom. The summed E-state index contributed by atoms with van der Waals surface area (Å²) in [6, 6.07) is 0. The first kappa shape index (κ1) is 9.80. The van der Waals surface area contributed by atoms with Gasteiger partial charge in [-0.1, -0.05) is 0 Å². The summed E-state index contributed by atoms with van der Waals surface area (Å²) in [4.78, 5) is 21.6. The van der Waals surface area contributed by atoms with Crippen molar-refractivity contribution in [1.29, 1.82) is 0 Å². The maximum absolute atomic E-state index is 8.88. The van der Waals surface area contributed by atoms with Gasteiger partial charge in [0.05, 0.1) is 0 Å². The normalized spacial score (nSPS) is 9.83. The zero-order valence-corrected chi connectivity index (χ0v) is 4.33. The van der Waals surface area contributed by atoms with Crippen molar-refractivity contribution in [2.24, 2.45) is 0 Å². The van der Waals surface area contributed by atoms with Crippen LogP contribution in [0.25, 0.3) is 0 Å². The van der Waals surface area contributed by atoms with Crippen LogP contribution in [-0.4, -0.2) is 14.7 Å². The van der Waals surface area contributed by atoms with Crippen molar-refractivity contribution in [2.45, 2.75) is 0 Å². The van der Waals surface area contributed by atoms with E-state index in [0.29, 0.717) is 0 Å². The van der Waals surface area contributed by atoms with E-state index in [0.717, 1.165) is 0 Å². The topological polar surface area (TPSA) is 77.8 Å². The van der Waals surface area contributed by atoms with Crippen molar-refractivity contribution in [3.05, 3.63) is 0 Å². The Morgan fingerprint density at radius 2 is 1.17 bits per heavy atom. The van der Waals surface area contributed by atoms with E-state index in [9.17, 15) is 0 Å². The van der Waals surface area contributed by atoms with Crippen LogP contribution in [0.3, 0.4) is 0 Å². The molecule has 0 aliphatic heterocycles. The van der Waals surface area contributed by atoms with E-state index in [2.05, 4.69) is 0 Å². The van der Waals surface area contributed by atoms with Gasteiger partial charge in [-0.3, -0.25) is 0 Å². The number of phosphoric acid groups is 1. The summed E-state index contributed by atoms with van der Waals surface area (Å²) in [5.74, 6) is 0. The maximum atomic E-state index is 8.88. The first-order valence-electron chi connectivity index (χ1n) is 0.783. The largest absolute Gasteiger partial charge is 1.00 e. The van der Waals surface area contributed by atoms with Crippen molar-refractivity contribution < 1.29 is 36.3 Å². The molecule has 0 aromatic heterocycles. The van der Waals surface area contributed by atoms with Gasteiger partial charge in [-0.25, -0.2) is 4.57 Å². The van der Waals surface area contributed by atoms with Crippen LogP contribution in [0, 0.1) is 0 Å². The van der Waals surface area contributed by atoms with Gasteiger partial charge in [0.15, 0.2) is 0 Å². The third kappa shape index (κ3) is 154. The molecule has 0 saturated carbocycles. The molecule has 0 amide bonds. The maximum Gasteiger partial charge on any atom is 1.00 e. The fourth-order valence-corrected chi connectivity index (χ4v) is 0. The number of hydrogen-bond acceptors (Lipinski definition) is 1. The second-order valence-corrected chi connectivity index (χ2v) is 1.54. The Kier molecular flexibility index (Phi) is 4.49. The van der Waals surface area contributed by atoms with Crippen LogP contribution in [-0.2, 0) is 21.6 Å². The molecule has 0 saturated heterocycles. The van der Waals surface area contributed by atoms with E-state index in [1.807, 2.05) is 0 Å². The molecule has 0 heterocycles. The van der Waals surface area contributed by atoms with Crippen molar-refractivity contribution in [3.63, 3.8) is 0 Å². The zero-order valence-electron chi connectivity index (χ0n) is 2.50. The van der Waals surface area contributed by atoms with Gasteiger partial charge in [0.1, 0.15) is 0 Å². The van der Waals surface area contributed by atoms with Crippen LogP contribution in [0.2, 0.25) is 0 Å². The second-order valence-electron chi connectivity index (χ2n) is 0.513. The molecule has 0 aromatic carbocycles. The van der Waals surface area contributed by atoms with E-state index in [4.69, 9.17) is 19.2 Å². The molecule has 0 fully saturated rings. The van der Waals surface area contributed by atoms with Gasteiger partial charge < -0.3 is 14.7 Å². The van der Waals surface area contributed by atoms with Gasteiger partial charge in [0, 0.05) is 0 Å². The minimum Gasteiger partial charge on any atom is -0.303 e. The predicted octanol–water partition coefficient (Wildman–Crippen LogP) is -0.931. The van der Waals surface area contributed by atoms with Crippen molar-refractivity contribution >= 4 is 7.82 Å². The monoisotopic (exact) mass is 161 g/mol. The van der Waals surface area contributed by atoms with Gasteiger partial charge >= 0.3 is 24.9 Å². The predicted molar refractivity (Wildman–Crippen MR) is 14.3 cm³/mol. The third-order valence-corrected chi connectivity index (χ3v) is 0. The Labute approximate surface area is 44.9 Å². The van der Waals surface area contributed by atoms with Crippen molar-refractivity contribution in [2.75, 3.05) is 0 Å². The molecule has 0 radical (unpaired) electrons. The summed E-state index contributed by atoms with van der Waals surface area (Å²) in [7, 11) is -4.64. The van der Waals surface area contributed by atoms with Crippen LogP contribution >= 0.6 is 7.82 Å². The molecule has 0 aliphatic rings. The van der Waals surface area contributed by atoms with E-state index < -0.39 is 7.82 Å². The fraction of sp³-hybridized carbons (Fsp3) is 0. The molecule has 3 N–H and O–H groups in total. The molecule has 42 valence electrons. The minimum atomic E-state index is -4.64. The zero-order chi connectivity index (χ0) is 4.50. The molecule has 0 rings (SSSR count). The Bertz CT molecular complexity index is 53.7. The summed E-state index contributed by atoms with van der Waals surface area (Å²) in [6.07, 6.45) is 0. The Balaban J connectivity index is 0. The van der Waals surface area contributed by atoms with Gasteiger partial charge in [-0.15, -0.1) is 0 Å². The summed E-state index contributed by atoms with van der Waals surface area (Å²) in [5.41, 5.74) is 0. The Hall–Kier alpha value is 0.629. The molecular formula is H3CuO4P+. The van der Waals surface area contributed by atoms with E-state index in [-0.39, 0.29) is 17.1 Å².